The van der Waals surface area contributed by atoms with Crippen LogP contribution in [-0.2, 0) is 4.74 Å². The van der Waals surface area contributed by atoms with Gasteiger partial charge in [0, 0.05) is 32.4 Å². The van der Waals surface area contributed by atoms with Gasteiger partial charge in [-0.05, 0) is 18.6 Å². The van der Waals surface area contributed by atoms with Crippen molar-refractivity contribution in [1.29, 1.82) is 0 Å². The molecule has 3 heterocycles. The predicted octanol–water partition coefficient (Wildman–Crippen LogP) is -0.229. The Morgan fingerprint density at radius 1 is 1.38 bits per heavy atom. The first kappa shape index (κ1) is 16.4. The van der Waals surface area contributed by atoms with E-state index < -0.39 is 17.3 Å². The number of aryl methyl sites for hydroxylation is 1. The maximum atomic E-state index is 12.5. The standard InChI is InChI=1S/C16H20N4O4/c1-11-2-3-12-18-15(22)13(16(23)20(12)10-11)14(21)17-4-5-19-6-8-24-9-7-19/h2-3,10,22H,4-9H2,1H3,(H,17,21). The van der Waals surface area contributed by atoms with E-state index >= 15 is 0 Å². The molecule has 2 aromatic rings. The molecular formula is C16H20N4O4. The highest BCUT2D eigenvalue weighted by Crippen LogP contribution is 2.11. The summed E-state index contributed by atoms with van der Waals surface area (Å²) in [6, 6.07) is 3.40. The lowest BCUT2D eigenvalue weighted by atomic mass is 10.2. The van der Waals surface area contributed by atoms with Crippen LogP contribution in [0.4, 0.5) is 0 Å². The van der Waals surface area contributed by atoms with Gasteiger partial charge >= 0.3 is 0 Å². The topological polar surface area (TPSA) is 96.2 Å². The highest BCUT2D eigenvalue weighted by molar-refractivity contribution is 5.96. The Morgan fingerprint density at radius 2 is 2.12 bits per heavy atom. The smallest absolute Gasteiger partial charge is 0.274 e. The van der Waals surface area contributed by atoms with Gasteiger partial charge in [-0.3, -0.25) is 18.9 Å². The average molecular weight is 332 g/mol. The van der Waals surface area contributed by atoms with E-state index in [-0.39, 0.29) is 5.56 Å². The summed E-state index contributed by atoms with van der Waals surface area (Å²) in [6.45, 7) is 5.89. The van der Waals surface area contributed by atoms with Crippen LogP contribution in [0.5, 0.6) is 5.88 Å². The quantitative estimate of drug-likeness (QED) is 0.803. The summed E-state index contributed by atoms with van der Waals surface area (Å²) in [7, 11) is 0. The van der Waals surface area contributed by atoms with Crippen LogP contribution >= 0.6 is 0 Å². The molecule has 2 aromatic heterocycles. The molecule has 0 aromatic carbocycles. The summed E-state index contributed by atoms with van der Waals surface area (Å²) in [6.07, 6.45) is 1.59. The van der Waals surface area contributed by atoms with E-state index in [0.717, 1.165) is 18.7 Å². The summed E-state index contributed by atoms with van der Waals surface area (Å²) in [5, 5.41) is 12.6. The van der Waals surface area contributed by atoms with Gasteiger partial charge in [0.2, 0.25) is 5.88 Å². The third-order valence-electron chi connectivity index (χ3n) is 4.00. The van der Waals surface area contributed by atoms with Gasteiger partial charge in [-0.2, -0.15) is 4.98 Å². The summed E-state index contributed by atoms with van der Waals surface area (Å²) in [5.74, 6) is -1.16. The maximum Gasteiger partial charge on any atom is 0.274 e. The average Bonchev–Trinajstić information content (AvgIpc) is 2.57. The molecule has 128 valence electrons. The van der Waals surface area contributed by atoms with Crippen LogP contribution in [0, 0.1) is 6.92 Å². The molecule has 8 nitrogen and oxygen atoms in total. The Morgan fingerprint density at radius 3 is 2.88 bits per heavy atom. The van der Waals surface area contributed by atoms with Gasteiger partial charge in [0.25, 0.3) is 11.5 Å². The van der Waals surface area contributed by atoms with Gasteiger partial charge < -0.3 is 15.2 Å². The first-order valence-corrected chi connectivity index (χ1v) is 7.86. The molecule has 8 heteroatoms. The van der Waals surface area contributed by atoms with Gasteiger partial charge in [-0.1, -0.05) is 6.07 Å². The molecule has 0 atom stereocenters. The Kier molecular flexibility index (Phi) is 4.77. The first-order valence-electron chi connectivity index (χ1n) is 7.86. The van der Waals surface area contributed by atoms with Gasteiger partial charge in [0.05, 0.1) is 13.2 Å². The fraction of sp³-hybridized carbons (Fsp3) is 0.438. The molecule has 0 spiro atoms. The molecule has 1 saturated heterocycles. The molecule has 2 N–H and O–H groups in total. The number of aromatic hydroxyl groups is 1. The fourth-order valence-electron chi connectivity index (χ4n) is 2.67. The Balaban J connectivity index is 1.75. The Bertz CT molecular complexity index is 812. The van der Waals surface area contributed by atoms with Crippen molar-refractivity contribution in [3.8, 4) is 5.88 Å². The number of hydrogen-bond donors (Lipinski definition) is 2. The van der Waals surface area contributed by atoms with Crippen molar-refractivity contribution in [3.05, 3.63) is 39.8 Å². The molecule has 1 aliphatic rings. The van der Waals surface area contributed by atoms with Gasteiger partial charge in [-0.15, -0.1) is 0 Å². The predicted molar refractivity (Wildman–Crippen MR) is 87.5 cm³/mol. The van der Waals surface area contributed by atoms with E-state index in [0.29, 0.717) is 32.0 Å². The molecule has 3 rings (SSSR count). The lowest BCUT2D eigenvalue weighted by Crippen LogP contribution is -2.42. The lowest BCUT2D eigenvalue weighted by Gasteiger charge is -2.26. The Hall–Kier alpha value is -2.45. The number of nitrogens with zero attached hydrogens (tertiary/aromatic N) is 3. The molecule has 1 amide bonds. The van der Waals surface area contributed by atoms with Crippen LogP contribution < -0.4 is 10.9 Å². The van der Waals surface area contributed by atoms with Gasteiger partial charge in [0.15, 0.2) is 5.56 Å². The number of aromatic nitrogens is 2. The van der Waals surface area contributed by atoms with Gasteiger partial charge in [0.1, 0.15) is 5.65 Å². The zero-order valence-electron chi connectivity index (χ0n) is 13.5. The number of carbonyl (C=O) groups is 1. The zero-order valence-corrected chi connectivity index (χ0v) is 13.5. The number of ether oxygens (including phenoxy) is 1. The van der Waals surface area contributed by atoms with Crippen molar-refractivity contribution in [2.45, 2.75) is 6.92 Å². The van der Waals surface area contributed by atoms with E-state index in [4.69, 9.17) is 4.74 Å². The van der Waals surface area contributed by atoms with Crippen LogP contribution in [0.1, 0.15) is 15.9 Å². The summed E-state index contributed by atoms with van der Waals surface area (Å²) < 4.78 is 6.53. The molecule has 0 bridgehead atoms. The number of carbonyl (C=O) groups excluding carboxylic acids is 1. The summed E-state index contributed by atoms with van der Waals surface area (Å²) in [4.78, 5) is 30.9. The number of amides is 1. The first-order chi connectivity index (χ1) is 11.6. The minimum absolute atomic E-state index is 0.299. The van der Waals surface area contributed by atoms with Crippen LogP contribution in [0.3, 0.4) is 0 Å². The second-order valence-corrected chi connectivity index (χ2v) is 5.76. The van der Waals surface area contributed by atoms with Crippen LogP contribution in [0.15, 0.2) is 23.1 Å². The highest BCUT2D eigenvalue weighted by Gasteiger charge is 2.20. The minimum atomic E-state index is -0.617. The van der Waals surface area contributed by atoms with Crippen molar-refractivity contribution in [3.63, 3.8) is 0 Å². The maximum absolute atomic E-state index is 12.5. The van der Waals surface area contributed by atoms with Crippen molar-refractivity contribution in [2.75, 3.05) is 39.4 Å². The molecule has 0 saturated carbocycles. The van der Waals surface area contributed by atoms with Gasteiger partial charge in [-0.25, -0.2) is 0 Å². The van der Waals surface area contributed by atoms with E-state index in [2.05, 4.69) is 15.2 Å². The van der Waals surface area contributed by atoms with E-state index in [1.165, 1.54) is 4.40 Å². The molecule has 1 aliphatic heterocycles. The lowest BCUT2D eigenvalue weighted by molar-refractivity contribution is 0.0383. The molecule has 1 fully saturated rings. The molecule has 0 aliphatic carbocycles. The van der Waals surface area contributed by atoms with Crippen molar-refractivity contribution in [2.24, 2.45) is 0 Å². The van der Waals surface area contributed by atoms with Crippen LogP contribution in [-0.4, -0.2) is 64.7 Å². The largest absolute Gasteiger partial charge is 0.493 e. The fourth-order valence-corrected chi connectivity index (χ4v) is 2.67. The number of fused-ring (bicyclic) bond motifs is 1. The normalized spacial score (nSPS) is 15.5. The minimum Gasteiger partial charge on any atom is -0.493 e. The zero-order chi connectivity index (χ0) is 17.1. The molecule has 0 radical (unpaired) electrons. The number of pyridine rings is 1. The second kappa shape index (κ2) is 6.98. The SMILES string of the molecule is Cc1ccc2nc(O)c(C(=O)NCCN3CCOCC3)c(=O)n2c1. The Labute approximate surface area is 138 Å². The second-order valence-electron chi connectivity index (χ2n) is 5.76. The number of rotatable bonds is 4. The highest BCUT2D eigenvalue weighted by atomic mass is 16.5. The molecular weight excluding hydrogens is 312 g/mol. The van der Waals surface area contributed by atoms with E-state index in [9.17, 15) is 14.7 Å². The van der Waals surface area contributed by atoms with E-state index in [1.54, 1.807) is 18.3 Å². The third kappa shape index (κ3) is 3.39. The van der Waals surface area contributed by atoms with Crippen molar-refractivity contribution >= 4 is 11.6 Å². The number of nitrogens with one attached hydrogen (secondary N) is 1. The van der Waals surface area contributed by atoms with Crippen LogP contribution in [0.2, 0.25) is 0 Å². The molecule has 0 unspecified atom stereocenters. The van der Waals surface area contributed by atoms with Crippen molar-refractivity contribution in [1.82, 2.24) is 19.6 Å². The number of hydrogen-bond acceptors (Lipinski definition) is 6. The third-order valence-corrected chi connectivity index (χ3v) is 4.00. The molecule has 24 heavy (non-hydrogen) atoms. The monoisotopic (exact) mass is 332 g/mol. The van der Waals surface area contributed by atoms with Crippen LogP contribution in [0.25, 0.3) is 5.65 Å². The number of morpholine rings is 1. The van der Waals surface area contributed by atoms with E-state index in [1.807, 2.05) is 6.92 Å². The summed E-state index contributed by atoms with van der Waals surface area (Å²) >= 11 is 0. The van der Waals surface area contributed by atoms with Crippen molar-refractivity contribution < 1.29 is 14.6 Å². The summed E-state index contributed by atoms with van der Waals surface area (Å²) in [5.41, 5.74) is 0.244.